The Labute approximate surface area is 122 Å². The Kier molecular flexibility index (Phi) is 3.73. The van der Waals surface area contributed by atoms with Gasteiger partial charge in [0.15, 0.2) is 0 Å². The zero-order valence-electron chi connectivity index (χ0n) is 11.8. The number of aryl methyl sites for hydroxylation is 1. The normalized spacial score (nSPS) is 10.7. The van der Waals surface area contributed by atoms with Gasteiger partial charge in [0, 0.05) is 5.39 Å². The number of fused-ring (bicyclic) bond motifs is 1. The van der Waals surface area contributed by atoms with E-state index < -0.39 is 5.63 Å². The monoisotopic (exact) mass is 280 g/mol. The summed E-state index contributed by atoms with van der Waals surface area (Å²) < 4.78 is 10.9. The molecule has 0 fully saturated rings. The van der Waals surface area contributed by atoms with E-state index >= 15 is 0 Å². The summed E-state index contributed by atoms with van der Waals surface area (Å²) >= 11 is 0. The van der Waals surface area contributed by atoms with E-state index in [1.807, 2.05) is 42.5 Å². The molecule has 0 aliphatic carbocycles. The molecule has 0 amide bonds. The van der Waals surface area contributed by atoms with Crippen LogP contribution in [0.25, 0.3) is 11.0 Å². The first kappa shape index (κ1) is 13.4. The first-order valence-corrected chi connectivity index (χ1v) is 7.06. The largest absolute Gasteiger partial charge is 0.450 e. The second-order valence-corrected chi connectivity index (χ2v) is 4.93. The Morgan fingerprint density at radius 2 is 1.81 bits per heavy atom. The minimum absolute atomic E-state index is 0.206. The Morgan fingerprint density at radius 1 is 1.05 bits per heavy atom. The van der Waals surface area contributed by atoms with Gasteiger partial charge in [-0.05, 0) is 36.2 Å². The lowest BCUT2D eigenvalue weighted by Crippen LogP contribution is -2.02. The van der Waals surface area contributed by atoms with E-state index in [1.54, 1.807) is 12.1 Å². The van der Waals surface area contributed by atoms with Crippen LogP contribution in [0, 0.1) is 0 Å². The van der Waals surface area contributed by atoms with Gasteiger partial charge in [0.2, 0.25) is 5.75 Å². The molecule has 0 atom stereocenters. The predicted molar refractivity (Wildman–Crippen MR) is 83.0 cm³/mol. The molecule has 1 aromatic heterocycles. The Hall–Kier alpha value is -2.55. The van der Waals surface area contributed by atoms with Crippen LogP contribution in [0.2, 0.25) is 0 Å². The summed E-state index contributed by atoms with van der Waals surface area (Å²) in [4.78, 5) is 11.9. The summed E-state index contributed by atoms with van der Waals surface area (Å²) in [5.41, 5.74) is 1.36. The number of hydrogen-bond donors (Lipinski definition) is 0. The van der Waals surface area contributed by atoms with Gasteiger partial charge in [0.1, 0.15) is 11.3 Å². The average molecular weight is 280 g/mol. The van der Waals surface area contributed by atoms with Crippen LogP contribution in [-0.2, 0) is 6.42 Å². The Bertz CT molecular complexity index is 801. The van der Waals surface area contributed by atoms with Crippen LogP contribution < -0.4 is 10.4 Å². The topological polar surface area (TPSA) is 39.4 Å². The summed E-state index contributed by atoms with van der Waals surface area (Å²) in [6, 6.07) is 16.9. The minimum Gasteiger partial charge on any atom is -0.450 e. The van der Waals surface area contributed by atoms with Crippen molar-refractivity contribution in [3.05, 3.63) is 70.6 Å². The van der Waals surface area contributed by atoms with Gasteiger partial charge in [-0.25, -0.2) is 4.79 Å². The maximum atomic E-state index is 11.9. The van der Waals surface area contributed by atoms with Gasteiger partial charge in [-0.3, -0.25) is 0 Å². The van der Waals surface area contributed by atoms with Crippen molar-refractivity contribution in [3.63, 3.8) is 0 Å². The van der Waals surface area contributed by atoms with Crippen LogP contribution in [0.3, 0.4) is 0 Å². The van der Waals surface area contributed by atoms with Crippen LogP contribution in [0.4, 0.5) is 0 Å². The van der Waals surface area contributed by atoms with Gasteiger partial charge in [-0.1, -0.05) is 43.7 Å². The van der Waals surface area contributed by atoms with Crippen molar-refractivity contribution in [2.45, 2.75) is 19.8 Å². The zero-order chi connectivity index (χ0) is 14.7. The number of para-hydroxylation sites is 1. The molecule has 1 heterocycles. The molecule has 3 rings (SSSR count). The Morgan fingerprint density at radius 3 is 2.57 bits per heavy atom. The van der Waals surface area contributed by atoms with Gasteiger partial charge in [0.25, 0.3) is 0 Å². The third-order valence-electron chi connectivity index (χ3n) is 3.30. The second kappa shape index (κ2) is 5.83. The summed E-state index contributed by atoms with van der Waals surface area (Å²) in [5.74, 6) is 0.842. The second-order valence-electron chi connectivity index (χ2n) is 4.93. The van der Waals surface area contributed by atoms with E-state index in [2.05, 4.69) is 6.92 Å². The van der Waals surface area contributed by atoms with E-state index in [9.17, 15) is 4.79 Å². The van der Waals surface area contributed by atoms with Crippen LogP contribution in [0.5, 0.6) is 11.5 Å². The van der Waals surface area contributed by atoms with E-state index in [-0.39, 0.29) is 5.75 Å². The molecule has 0 radical (unpaired) electrons. The molecule has 3 aromatic rings. The van der Waals surface area contributed by atoms with E-state index in [0.29, 0.717) is 11.3 Å². The SMILES string of the molecule is CCCc1ccc(Oc2cc3ccccc3oc2=O)cc1. The molecule has 0 spiro atoms. The fraction of sp³-hybridized carbons (Fsp3) is 0.167. The maximum absolute atomic E-state index is 11.9. The summed E-state index contributed by atoms with van der Waals surface area (Å²) in [6.45, 7) is 2.14. The third kappa shape index (κ3) is 2.97. The first-order chi connectivity index (χ1) is 10.3. The molecule has 106 valence electrons. The van der Waals surface area contributed by atoms with E-state index in [0.717, 1.165) is 18.2 Å². The molecule has 3 nitrogen and oxygen atoms in total. The molecule has 0 N–H and O–H groups in total. The van der Waals surface area contributed by atoms with Crippen LogP contribution in [0.15, 0.2) is 63.8 Å². The lowest BCUT2D eigenvalue weighted by Gasteiger charge is -2.06. The van der Waals surface area contributed by atoms with Gasteiger partial charge in [-0.15, -0.1) is 0 Å². The highest BCUT2D eigenvalue weighted by atomic mass is 16.5. The third-order valence-corrected chi connectivity index (χ3v) is 3.30. The molecular formula is C18H16O3. The van der Waals surface area contributed by atoms with Crippen molar-refractivity contribution < 1.29 is 9.15 Å². The summed E-state index contributed by atoms with van der Waals surface area (Å²) in [7, 11) is 0. The maximum Gasteiger partial charge on any atom is 0.379 e. The van der Waals surface area contributed by atoms with Crippen molar-refractivity contribution in [2.75, 3.05) is 0 Å². The summed E-state index contributed by atoms with van der Waals surface area (Å²) in [6.07, 6.45) is 2.15. The molecule has 0 saturated heterocycles. The van der Waals surface area contributed by atoms with Crippen molar-refractivity contribution in [3.8, 4) is 11.5 Å². The van der Waals surface area contributed by atoms with Gasteiger partial charge < -0.3 is 9.15 Å². The molecular weight excluding hydrogens is 264 g/mol. The number of ether oxygens (including phenoxy) is 1. The highest BCUT2D eigenvalue weighted by Gasteiger charge is 2.07. The van der Waals surface area contributed by atoms with Crippen LogP contribution >= 0.6 is 0 Å². The predicted octanol–water partition coefficient (Wildman–Crippen LogP) is 4.54. The highest BCUT2D eigenvalue weighted by Crippen LogP contribution is 2.22. The van der Waals surface area contributed by atoms with Crippen LogP contribution in [-0.4, -0.2) is 0 Å². The highest BCUT2D eigenvalue weighted by molar-refractivity contribution is 5.77. The van der Waals surface area contributed by atoms with E-state index in [1.165, 1.54) is 5.56 Å². The summed E-state index contributed by atoms with van der Waals surface area (Å²) in [5, 5.41) is 0.842. The van der Waals surface area contributed by atoms with E-state index in [4.69, 9.17) is 9.15 Å². The van der Waals surface area contributed by atoms with Crippen molar-refractivity contribution >= 4 is 11.0 Å². The van der Waals surface area contributed by atoms with Crippen molar-refractivity contribution in [1.82, 2.24) is 0 Å². The number of rotatable bonds is 4. The molecule has 0 unspecified atom stereocenters. The van der Waals surface area contributed by atoms with Crippen molar-refractivity contribution in [1.29, 1.82) is 0 Å². The smallest absolute Gasteiger partial charge is 0.379 e. The first-order valence-electron chi connectivity index (χ1n) is 7.06. The van der Waals surface area contributed by atoms with Crippen LogP contribution in [0.1, 0.15) is 18.9 Å². The Balaban J connectivity index is 1.90. The standard InChI is InChI=1S/C18H16O3/c1-2-5-13-8-10-15(11-9-13)20-17-12-14-6-3-4-7-16(14)21-18(17)19/h3-4,6-12H,2,5H2,1H3. The molecule has 21 heavy (non-hydrogen) atoms. The number of hydrogen-bond acceptors (Lipinski definition) is 3. The van der Waals surface area contributed by atoms with Crippen molar-refractivity contribution in [2.24, 2.45) is 0 Å². The molecule has 3 heteroatoms. The van der Waals surface area contributed by atoms with Gasteiger partial charge in [-0.2, -0.15) is 0 Å². The molecule has 0 aliphatic heterocycles. The number of benzene rings is 2. The molecule has 0 bridgehead atoms. The molecule has 0 aliphatic rings. The fourth-order valence-electron chi connectivity index (χ4n) is 2.25. The van der Waals surface area contributed by atoms with Gasteiger partial charge >= 0.3 is 5.63 Å². The fourth-order valence-corrected chi connectivity index (χ4v) is 2.25. The lowest BCUT2D eigenvalue weighted by molar-refractivity contribution is 0.437. The quantitative estimate of drug-likeness (QED) is 0.659. The molecule has 2 aromatic carbocycles. The zero-order valence-corrected chi connectivity index (χ0v) is 11.8. The van der Waals surface area contributed by atoms with Gasteiger partial charge in [0.05, 0.1) is 0 Å². The lowest BCUT2D eigenvalue weighted by atomic mass is 10.1. The minimum atomic E-state index is -0.466. The molecule has 0 saturated carbocycles. The average Bonchev–Trinajstić information content (AvgIpc) is 2.50.